The predicted octanol–water partition coefficient (Wildman–Crippen LogP) is 2.69. The maximum absolute atomic E-state index is 11.4. The molecule has 17 heavy (non-hydrogen) atoms. The molecule has 0 saturated carbocycles. The first-order chi connectivity index (χ1) is 7.57. The third kappa shape index (κ3) is 3.79. The first-order valence-corrected chi connectivity index (χ1v) is 13.0. The molecule has 0 bridgehead atoms. The Bertz CT molecular complexity index is 325. The van der Waals surface area contributed by atoms with Gasteiger partial charge in [-0.15, -0.1) is 0 Å². The van der Waals surface area contributed by atoms with Crippen LogP contribution in [-0.4, -0.2) is 40.3 Å². The van der Waals surface area contributed by atoms with Crippen molar-refractivity contribution in [2.24, 2.45) is 5.92 Å². The minimum Gasteiger partial charge on any atom is -0.468 e. The Kier molecular flexibility index (Phi) is 4.06. The lowest BCUT2D eigenvalue weighted by atomic mass is 10.3. The van der Waals surface area contributed by atoms with E-state index in [0.29, 0.717) is 0 Å². The number of methoxy groups -OCH3 is 1. The molecule has 0 aromatic carbocycles. The Labute approximate surface area is 107 Å². The van der Waals surface area contributed by atoms with Gasteiger partial charge < -0.3 is 8.97 Å². The van der Waals surface area contributed by atoms with E-state index in [1.165, 1.54) is 12.7 Å². The van der Waals surface area contributed by atoms with Crippen LogP contribution in [0.25, 0.3) is 0 Å². The number of rotatable bonds is 5. The summed E-state index contributed by atoms with van der Waals surface area (Å²) in [6.07, 6.45) is 2.04. The van der Waals surface area contributed by atoms with Crippen molar-refractivity contribution in [2.75, 3.05) is 13.7 Å². The van der Waals surface area contributed by atoms with E-state index in [4.69, 9.17) is 4.74 Å². The van der Waals surface area contributed by atoms with Crippen molar-refractivity contribution in [1.82, 2.24) is 4.23 Å². The average Bonchev–Trinajstić information content (AvgIpc) is 2.88. The van der Waals surface area contributed by atoms with Crippen molar-refractivity contribution >= 4 is 22.4 Å². The van der Waals surface area contributed by atoms with E-state index in [2.05, 4.69) is 43.5 Å². The summed E-state index contributed by atoms with van der Waals surface area (Å²) in [5, 5.41) is 0. The van der Waals surface area contributed by atoms with Gasteiger partial charge in [-0.1, -0.05) is 45.4 Å². The molecule has 98 valence electrons. The van der Waals surface area contributed by atoms with Gasteiger partial charge in [-0.25, -0.2) is 0 Å². The van der Waals surface area contributed by atoms with Crippen LogP contribution in [0.1, 0.15) is 0 Å². The minimum atomic E-state index is -1.32. The summed E-state index contributed by atoms with van der Waals surface area (Å²) in [7, 11) is -1.18. The van der Waals surface area contributed by atoms with Gasteiger partial charge in [0.05, 0.1) is 13.0 Å². The number of hydrogen-bond donors (Lipinski definition) is 0. The lowest BCUT2D eigenvalue weighted by Gasteiger charge is -2.43. The standard InChI is InChI=1S/C12H25NO2Si2/c1-15-12(14)11-8-10(11)9-13(16(2,3)4)17(5,6)7/h8,11H,9H2,1-7H3/t11-/m1/s1. The van der Waals surface area contributed by atoms with Gasteiger partial charge in [0.25, 0.3) is 0 Å². The number of ether oxygens (including phenoxy) is 1. The molecule has 1 rings (SSSR count). The lowest BCUT2D eigenvalue weighted by molar-refractivity contribution is -0.141. The fourth-order valence-corrected chi connectivity index (χ4v) is 11.7. The fraction of sp³-hybridized carbons (Fsp3) is 0.750. The van der Waals surface area contributed by atoms with Gasteiger partial charge in [0.15, 0.2) is 0 Å². The van der Waals surface area contributed by atoms with Crippen LogP contribution in [0.3, 0.4) is 0 Å². The Balaban J connectivity index is 2.66. The van der Waals surface area contributed by atoms with Crippen molar-refractivity contribution < 1.29 is 9.53 Å². The molecule has 0 spiro atoms. The topological polar surface area (TPSA) is 29.5 Å². The van der Waals surface area contributed by atoms with Gasteiger partial charge in [-0.3, -0.25) is 4.79 Å². The van der Waals surface area contributed by atoms with Crippen molar-refractivity contribution in [1.29, 1.82) is 0 Å². The number of carbonyl (C=O) groups is 1. The van der Waals surface area contributed by atoms with E-state index in [0.717, 1.165) is 6.54 Å². The second-order valence-electron chi connectivity index (χ2n) is 6.67. The maximum Gasteiger partial charge on any atom is 0.316 e. The summed E-state index contributed by atoms with van der Waals surface area (Å²) in [6, 6.07) is 0. The molecule has 0 radical (unpaired) electrons. The van der Waals surface area contributed by atoms with Crippen molar-refractivity contribution in [3.05, 3.63) is 11.6 Å². The summed E-state index contributed by atoms with van der Waals surface area (Å²) in [4.78, 5) is 11.4. The zero-order valence-electron chi connectivity index (χ0n) is 12.1. The molecule has 0 saturated heterocycles. The Morgan fingerprint density at radius 1 is 1.24 bits per heavy atom. The molecular weight excluding hydrogens is 246 g/mol. The lowest BCUT2D eigenvalue weighted by Crippen LogP contribution is -2.59. The zero-order valence-corrected chi connectivity index (χ0v) is 14.1. The number of hydrogen-bond acceptors (Lipinski definition) is 3. The molecule has 1 atom stereocenters. The predicted molar refractivity (Wildman–Crippen MR) is 77.0 cm³/mol. The van der Waals surface area contributed by atoms with Gasteiger partial charge in [-0.05, 0) is 5.57 Å². The fourth-order valence-electron chi connectivity index (χ4n) is 2.33. The molecule has 0 heterocycles. The average molecular weight is 272 g/mol. The van der Waals surface area contributed by atoms with Crippen LogP contribution in [0.4, 0.5) is 0 Å². The molecule has 5 heteroatoms. The highest BCUT2D eigenvalue weighted by Crippen LogP contribution is 2.33. The molecule has 0 fully saturated rings. The molecule has 0 aromatic heterocycles. The van der Waals surface area contributed by atoms with Crippen molar-refractivity contribution in [3.63, 3.8) is 0 Å². The maximum atomic E-state index is 11.4. The smallest absolute Gasteiger partial charge is 0.316 e. The Morgan fingerprint density at radius 3 is 2.06 bits per heavy atom. The SMILES string of the molecule is COC(=O)[C@@H]1C=C1CN([Si](C)(C)C)[Si](C)(C)C. The van der Waals surface area contributed by atoms with Crippen LogP contribution in [0.15, 0.2) is 11.6 Å². The normalized spacial score (nSPS) is 20.2. The van der Waals surface area contributed by atoms with Gasteiger partial charge in [0, 0.05) is 6.54 Å². The third-order valence-corrected chi connectivity index (χ3v) is 10.7. The van der Waals surface area contributed by atoms with Crippen LogP contribution >= 0.6 is 0 Å². The monoisotopic (exact) mass is 271 g/mol. The number of esters is 1. The molecule has 0 N–H and O–H groups in total. The summed E-state index contributed by atoms with van der Waals surface area (Å²) < 4.78 is 7.46. The van der Waals surface area contributed by atoms with E-state index in [1.807, 2.05) is 6.08 Å². The largest absolute Gasteiger partial charge is 0.468 e. The summed E-state index contributed by atoms with van der Waals surface area (Å²) >= 11 is 0. The highest BCUT2D eigenvalue weighted by molar-refractivity contribution is 6.89. The molecular formula is C12H25NO2Si2. The van der Waals surface area contributed by atoms with E-state index in [-0.39, 0.29) is 11.9 Å². The van der Waals surface area contributed by atoms with Crippen LogP contribution in [0.2, 0.25) is 39.3 Å². The Hall–Kier alpha value is -0.396. The first kappa shape index (κ1) is 14.7. The van der Waals surface area contributed by atoms with E-state index in [1.54, 1.807) is 0 Å². The summed E-state index contributed by atoms with van der Waals surface area (Å²) in [6.45, 7) is 15.2. The quantitative estimate of drug-likeness (QED) is 0.437. The second kappa shape index (κ2) is 4.70. The van der Waals surface area contributed by atoms with Gasteiger partial charge in [0.2, 0.25) is 0 Å². The van der Waals surface area contributed by atoms with E-state index >= 15 is 0 Å². The third-order valence-electron chi connectivity index (χ3n) is 3.09. The van der Waals surface area contributed by atoms with Gasteiger partial charge in [0.1, 0.15) is 16.5 Å². The van der Waals surface area contributed by atoms with Gasteiger partial charge in [-0.2, -0.15) is 0 Å². The van der Waals surface area contributed by atoms with Crippen LogP contribution in [0.5, 0.6) is 0 Å². The highest BCUT2D eigenvalue weighted by atomic mass is 28.4. The zero-order chi connectivity index (χ0) is 13.4. The number of carbonyl (C=O) groups excluding carboxylic acids is 1. The van der Waals surface area contributed by atoms with E-state index in [9.17, 15) is 4.79 Å². The molecule has 0 unspecified atom stereocenters. The van der Waals surface area contributed by atoms with Crippen LogP contribution in [-0.2, 0) is 9.53 Å². The summed E-state index contributed by atoms with van der Waals surface area (Å²) in [5.74, 6) is -0.138. The number of nitrogens with zero attached hydrogens (tertiary/aromatic N) is 1. The molecule has 3 nitrogen and oxygen atoms in total. The Morgan fingerprint density at radius 2 is 1.71 bits per heavy atom. The summed E-state index contributed by atoms with van der Waals surface area (Å²) in [5.41, 5.74) is 1.25. The van der Waals surface area contributed by atoms with Crippen molar-refractivity contribution in [2.45, 2.75) is 39.3 Å². The molecule has 0 aromatic rings. The molecule has 0 aliphatic heterocycles. The first-order valence-electron chi connectivity index (χ1n) is 6.13. The molecule has 1 aliphatic rings. The molecule has 0 amide bonds. The van der Waals surface area contributed by atoms with Gasteiger partial charge >= 0.3 is 5.97 Å². The van der Waals surface area contributed by atoms with Crippen LogP contribution in [0, 0.1) is 5.92 Å². The second-order valence-corrected chi connectivity index (χ2v) is 16.9. The van der Waals surface area contributed by atoms with E-state index < -0.39 is 16.5 Å². The highest BCUT2D eigenvalue weighted by Gasteiger charge is 2.40. The molecule has 1 aliphatic carbocycles. The van der Waals surface area contributed by atoms with Crippen LogP contribution < -0.4 is 0 Å². The minimum absolute atomic E-state index is 0.0322. The van der Waals surface area contributed by atoms with Crippen molar-refractivity contribution in [3.8, 4) is 0 Å².